The molecule has 5 nitrogen and oxygen atoms in total. The van der Waals surface area contributed by atoms with Gasteiger partial charge in [-0.25, -0.2) is 24.4 Å². The van der Waals surface area contributed by atoms with Crippen LogP contribution in [0.4, 0.5) is 0 Å². The number of nitrogens with zero attached hydrogens (tertiary/aromatic N) is 2. The van der Waals surface area contributed by atoms with Gasteiger partial charge in [-0.2, -0.15) is 0 Å². The molecule has 1 aliphatic rings. The Balaban J connectivity index is 0.00000324. The Bertz CT molecular complexity index is 1590. The second kappa shape index (κ2) is 10.8. The van der Waals surface area contributed by atoms with Gasteiger partial charge in [0.25, 0.3) is 0 Å². The zero-order valence-corrected chi connectivity index (χ0v) is 22.6. The summed E-state index contributed by atoms with van der Waals surface area (Å²) >= 11 is 3.39. The fourth-order valence-corrected chi connectivity index (χ4v) is 4.35. The van der Waals surface area contributed by atoms with Crippen LogP contribution in [0, 0.1) is 13.8 Å². The first kappa shape index (κ1) is 25.4. The average molecular weight is 684 g/mol. The van der Waals surface area contributed by atoms with Crippen LogP contribution >= 0.6 is 15.9 Å². The van der Waals surface area contributed by atoms with E-state index in [0.717, 1.165) is 16.7 Å². The zero-order valence-electron chi connectivity index (χ0n) is 18.3. The second-order valence-electron chi connectivity index (χ2n) is 7.54. The van der Waals surface area contributed by atoms with Crippen molar-refractivity contribution < 1.29 is 34.8 Å². The van der Waals surface area contributed by atoms with Gasteiger partial charge in [-0.05, 0) is 40.9 Å². The van der Waals surface area contributed by atoms with Crippen molar-refractivity contribution in [2.75, 3.05) is 0 Å². The molecule has 2 heterocycles. The number of aryl methyl sites for hydroxylation is 2. The first-order valence-corrected chi connectivity index (χ1v) is 10.9. The number of pyridine rings is 1. The van der Waals surface area contributed by atoms with Gasteiger partial charge in [0.1, 0.15) is 34.4 Å². The molecular weight excluding hydrogens is 666 g/mol. The fraction of sp³-hybridized carbons (Fsp3) is 0.111. The Morgan fingerprint density at radius 2 is 1.38 bits per heavy atom. The molecule has 1 radical (unpaired) electrons. The van der Waals surface area contributed by atoms with E-state index in [1.54, 1.807) is 0 Å². The smallest absolute Gasteiger partial charge is 0.136 e. The van der Waals surface area contributed by atoms with Crippen LogP contribution in [0.1, 0.15) is 28.8 Å². The van der Waals surface area contributed by atoms with Crippen LogP contribution in [-0.4, -0.2) is 28.5 Å². The number of benzene rings is 2. The summed E-state index contributed by atoms with van der Waals surface area (Å²) in [6.45, 7) is 3.86. The number of carbonyl (C=O) groups excluding carboxylic acids is 3. The van der Waals surface area contributed by atoms with Crippen LogP contribution in [0.3, 0.4) is 0 Å². The van der Waals surface area contributed by atoms with E-state index in [1.165, 1.54) is 0 Å². The molecule has 167 valence electrons. The standard InChI is InChI=1S/C27H17BrN2O3.Re/c1-16-7-3-5-9-19(16)23-12-11-18(13-31)25(29-23)27-24(28)21(14-32)22(15-33)26(30-27)20-10-6-4-8-17(20)2;/h3-10,12H,11H2,1-2H3;. The SMILES string of the molecule is Cc1ccccc1C1=CCC(=C=O)C(c2nc(-c3ccccc3C)c(=C=O)c(=C=O)c2Br)=N1.[Re]. The molecule has 1 aromatic heterocycles. The molecule has 3 aromatic rings. The van der Waals surface area contributed by atoms with E-state index in [-0.39, 0.29) is 46.7 Å². The third kappa shape index (κ3) is 4.55. The van der Waals surface area contributed by atoms with Crippen LogP contribution < -0.4 is 10.4 Å². The number of rotatable bonds is 3. The third-order valence-electron chi connectivity index (χ3n) is 5.53. The third-order valence-corrected chi connectivity index (χ3v) is 6.30. The van der Waals surface area contributed by atoms with Gasteiger partial charge in [0.15, 0.2) is 0 Å². The quantitative estimate of drug-likeness (QED) is 0.398. The molecule has 0 N–H and O–H groups in total. The zero-order chi connectivity index (χ0) is 23.5. The monoisotopic (exact) mass is 683 g/mol. The first-order chi connectivity index (χ1) is 16.0. The number of hydrogen-bond acceptors (Lipinski definition) is 5. The summed E-state index contributed by atoms with van der Waals surface area (Å²) in [6, 6.07) is 15.2. The van der Waals surface area contributed by atoms with Crippen molar-refractivity contribution in [1.82, 2.24) is 4.98 Å². The van der Waals surface area contributed by atoms with E-state index < -0.39 is 0 Å². The van der Waals surface area contributed by atoms with Crippen molar-refractivity contribution in [2.45, 2.75) is 20.3 Å². The molecule has 0 amide bonds. The van der Waals surface area contributed by atoms with E-state index in [2.05, 4.69) is 15.9 Å². The van der Waals surface area contributed by atoms with Crippen molar-refractivity contribution in [3.63, 3.8) is 0 Å². The molecule has 0 fully saturated rings. The minimum Gasteiger partial charge on any atom is -0.245 e. The molecule has 0 saturated carbocycles. The number of aromatic nitrogens is 1. The molecule has 34 heavy (non-hydrogen) atoms. The summed E-state index contributed by atoms with van der Waals surface area (Å²) in [4.78, 5) is 45.0. The Kier molecular flexibility index (Phi) is 8.05. The summed E-state index contributed by atoms with van der Waals surface area (Å²) < 4.78 is 0.228. The van der Waals surface area contributed by atoms with Crippen molar-refractivity contribution in [3.05, 3.63) is 97.5 Å². The molecule has 2 aromatic carbocycles. The normalized spacial score (nSPS) is 12.5. The van der Waals surface area contributed by atoms with E-state index in [4.69, 9.17) is 9.98 Å². The predicted octanol–water partition coefficient (Wildman–Crippen LogP) is 3.12. The number of allylic oxidation sites excluding steroid dienone is 2. The topological polar surface area (TPSA) is 76.5 Å². The van der Waals surface area contributed by atoms with Crippen molar-refractivity contribution >= 4 is 45.2 Å². The van der Waals surface area contributed by atoms with E-state index in [0.29, 0.717) is 29.0 Å². The van der Waals surface area contributed by atoms with Crippen molar-refractivity contribution in [1.29, 1.82) is 0 Å². The molecule has 0 aliphatic carbocycles. The number of hydrogen-bond donors (Lipinski definition) is 0. The molecular formula is C27H17BrN2O3Re. The van der Waals surface area contributed by atoms with Gasteiger partial charge < -0.3 is 0 Å². The summed E-state index contributed by atoms with van der Waals surface area (Å²) in [6.07, 6.45) is 2.17. The number of aliphatic imine (C=N–C) groups is 1. The molecule has 0 atom stereocenters. The largest absolute Gasteiger partial charge is 0.245 e. The van der Waals surface area contributed by atoms with E-state index >= 15 is 0 Å². The Morgan fingerprint density at radius 3 is 1.94 bits per heavy atom. The fourth-order valence-electron chi connectivity index (χ4n) is 3.79. The van der Waals surface area contributed by atoms with Gasteiger partial charge in [0, 0.05) is 38.0 Å². The Labute approximate surface area is 218 Å². The predicted molar refractivity (Wildman–Crippen MR) is 130 cm³/mol. The van der Waals surface area contributed by atoms with Gasteiger partial charge in [0.2, 0.25) is 0 Å². The summed E-state index contributed by atoms with van der Waals surface area (Å²) in [7, 11) is 0. The van der Waals surface area contributed by atoms with Gasteiger partial charge in [-0.1, -0.05) is 54.6 Å². The molecule has 0 saturated heterocycles. The minimum absolute atomic E-state index is 0. The molecule has 7 heteroatoms. The van der Waals surface area contributed by atoms with Crippen molar-refractivity contribution in [2.24, 2.45) is 4.99 Å². The molecule has 0 unspecified atom stereocenters. The van der Waals surface area contributed by atoms with Crippen LogP contribution in [0.25, 0.3) is 17.0 Å². The molecule has 0 spiro atoms. The Morgan fingerprint density at radius 1 is 0.794 bits per heavy atom. The van der Waals surface area contributed by atoms with Gasteiger partial charge >= 0.3 is 0 Å². The van der Waals surface area contributed by atoms with E-state index in [1.807, 2.05) is 86.3 Å². The van der Waals surface area contributed by atoms with Gasteiger partial charge in [-0.3, -0.25) is 0 Å². The maximum Gasteiger partial charge on any atom is 0.136 e. The summed E-state index contributed by atoms with van der Waals surface area (Å²) in [5, 5.41) is -0.0224. The maximum absolute atomic E-state index is 11.9. The van der Waals surface area contributed by atoms with Crippen LogP contribution in [0.15, 0.2) is 69.6 Å². The average Bonchev–Trinajstić information content (AvgIpc) is 2.84. The summed E-state index contributed by atoms with van der Waals surface area (Å²) in [5.41, 5.74) is 5.32. The maximum atomic E-state index is 11.9. The van der Waals surface area contributed by atoms with Crippen LogP contribution in [0.2, 0.25) is 0 Å². The molecule has 4 rings (SSSR count). The van der Waals surface area contributed by atoms with E-state index in [9.17, 15) is 14.4 Å². The minimum atomic E-state index is -0.0202. The second-order valence-corrected chi connectivity index (χ2v) is 8.33. The van der Waals surface area contributed by atoms with Crippen LogP contribution in [-0.2, 0) is 34.8 Å². The Hall–Kier alpha value is -3.25. The van der Waals surface area contributed by atoms with Crippen LogP contribution in [0.5, 0.6) is 0 Å². The van der Waals surface area contributed by atoms with Crippen molar-refractivity contribution in [3.8, 4) is 11.3 Å². The van der Waals surface area contributed by atoms with Gasteiger partial charge in [0.05, 0.1) is 26.7 Å². The first-order valence-electron chi connectivity index (χ1n) is 10.2. The number of halogens is 1. The molecule has 1 aliphatic heterocycles. The van der Waals surface area contributed by atoms with Gasteiger partial charge in [-0.15, -0.1) is 0 Å². The molecule has 0 bridgehead atoms. The summed E-state index contributed by atoms with van der Waals surface area (Å²) in [5.74, 6) is 5.63.